The van der Waals surface area contributed by atoms with E-state index >= 15 is 0 Å². The van der Waals surface area contributed by atoms with Crippen molar-refractivity contribution in [3.05, 3.63) is 53.9 Å². The van der Waals surface area contributed by atoms with E-state index in [2.05, 4.69) is 15.0 Å². The molecule has 5 atom stereocenters. The van der Waals surface area contributed by atoms with E-state index in [9.17, 15) is 15.3 Å². The van der Waals surface area contributed by atoms with Gasteiger partial charge in [0.2, 0.25) is 0 Å². The highest BCUT2D eigenvalue weighted by Crippen LogP contribution is 2.37. The van der Waals surface area contributed by atoms with Crippen molar-refractivity contribution in [2.45, 2.75) is 44.5 Å². The molecular weight excluding hydrogens is 336 g/mol. The molecule has 3 aromatic heterocycles. The number of rotatable bonds is 3. The highest BCUT2D eigenvalue weighted by atomic mass is 16.6. The van der Waals surface area contributed by atoms with Crippen molar-refractivity contribution in [2.24, 2.45) is 0 Å². The molecule has 8 nitrogen and oxygen atoms in total. The van der Waals surface area contributed by atoms with E-state index < -0.39 is 30.6 Å². The van der Waals surface area contributed by atoms with Crippen molar-refractivity contribution in [3.8, 4) is 0 Å². The normalized spacial score (nSPS) is 27.1. The van der Waals surface area contributed by atoms with E-state index in [1.165, 1.54) is 6.33 Å². The topological polar surface area (TPSA) is 114 Å². The van der Waals surface area contributed by atoms with Crippen LogP contribution in [0.2, 0.25) is 0 Å². The van der Waals surface area contributed by atoms with Gasteiger partial charge in [0, 0.05) is 23.5 Å². The fraction of sp³-hybridized carbons (Fsp3) is 0.389. The predicted octanol–water partition coefficient (Wildman–Crippen LogP) is 0.796. The predicted molar refractivity (Wildman–Crippen MR) is 92.1 cm³/mol. The van der Waals surface area contributed by atoms with Crippen LogP contribution < -0.4 is 0 Å². The van der Waals surface area contributed by atoms with Crippen molar-refractivity contribution in [1.82, 2.24) is 19.5 Å². The van der Waals surface area contributed by atoms with Gasteiger partial charge >= 0.3 is 0 Å². The Hall–Kier alpha value is -2.39. The quantitative estimate of drug-likeness (QED) is 0.636. The maximum absolute atomic E-state index is 10.6. The minimum atomic E-state index is -1.25. The van der Waals surface area contributed by atoms with Crippen LogP contribution in [0.4, 0.5) is 0 Å². The van der Waals surface area contributed by atoms with Crippen LogP contribution in [-0.2, 0) is 4.74 Å². The van der Waals surface area contributed by atoms with E-state index in [-0.39, 0.29) is 0 Å². The lowest BCUT2D eigenvalue weighted by molar-refractivity contribution is -0.0848. The summed E-state index contributed by atoms with van der Waals surface area (Å²) in [6.07, 6.45) is -0.619. The van der Waals surface area contributed by atoms with Gasteiger partial charge in [-0.3, -0.25) is 4.98 Å². The van der Waals surface area contributed by atoms with Crippen LogP contribution >= 0.6 is 0 Å². The third-order valence-corrected chi connectivity index (χ3v) is 4.83. The minimum Gasteiger partial charge on any atom is -0.387 e. The largest absolute Gasteiger partial charge is 0.387 e. The zero-order valence-corrected chi connectivity index (χ0v) is 14.4. The van der Waals surface area contributed by atoms with Gasteiger partial charge in [-0.15, -0.1) is 0 Å². The second-order valence-corrected chi connectivity index (χ2v) is 6.57. The van der Waals surface area contributed by atoms with Crippen LogP contribution in [0.15, 0.2) is 36.9 Å². The molecule has 0 saturated carbocycles. The highest BCUT2D eigenvalue weighted by molar-refractivity contribution is 5.78. The molecule has 1 aliphatic heterocycles. The molecule has 26 heavy (non-hydrogen) atoms. The molecule has 0 aromatic carbocycles. The van der Waals surface area contributed by atoms with Gasteiger partial charge in [-0.25, -0.2) is 9.97 Å². The van der Waals surface area contributed by atoms with Crippen LogP contribution in [0.3, 0.4) is 0 Å². The van der Waals surface area contributed by atoms with Gasteiger partial charge in [0.15, 0.2) is 6.23 Å². The second kappa shape index (κ2) is 6.40. The number of aliphatic hydroxyl groups excluding tert-OH is 3. The van der Waals surface area contributed by atoms with Gasteiger partial charge in [0.05, 0.1) is 5.69 Å². The lowest BCUT2D eigenvalue weighted by atomic mass is 9.99. The Bertz CT molecular complexity index is 944. The summed E-state index contributed by atoms with van der Waals surface area (Å²) >= 11 is 0. The summed E-state index contributed by atoms with van der Waals surface area (Å²) < 4.78 is 7.52. The van der Waals surface area contributed by atoms with Crippen LogP contribution in [0, 0.1) is 13.8 Å². The van der Waals surface area contributed by atoms with E-state index in [1.54, 1.807) is 29.1 Å². The lowest BCUT2D eigenvalue weighted by Crippen LogP contribution is -2.34. The van der Waals surface area contributed by atoms with E-state index in [0.717, 1.165) is 16.8 Å². The van der Waals surface area contributed by atoms with Crippen molar-refractivity contribution >= 4 is 11.0 Å². The zero-order valence-electron chi connectivity index (χ0n) is 14.4. The molecule has 1 aliphatic rings. The Morgan fingerprint density at radius 1 is 1.12 bits per heavy atom. The van der Waals surface area contributed by atoms with Gasteiger partial charge in [-0.05, 0) is 37.6 Å². The smallest absolute Gasteiger partial charge is 0.164 e. The highest BCUT2D eigenvalue weighted by Gasteiger charge is 2.47. The minimum absolute atomic E-state index is 0.574. The second-order valence-electron chi connectivity index (χ2n) is 6.57. The fourth-order valence-corrected chi connectivity index (χ4v) is 3.42. The first-order valence-corrected chi connectivity index (χ1v) is 8.37. The molecule has 0 radical (unpaired) electrons. The van der Waals surface area contributed by atoms with Gasteiger partial charge in [-0.2, -0.15) is 0 Å². The standard InChI is InChI=1S/C18H20N4O4/c1-9-7-11(3-5-19-9)13(23)16-14(24)15(25)18(26-16)22-6-4-12-10(2)20-8-21-17(12)22/h3-8,13-16,18,23-25H,1-2H3/t13-,14+,15-,16-,18-/m1/s1. The number of aliphatic hydroxyl groups is 3. The molecular formula is C18H20N4O4. The van der Waals surface area contributed by atoms with Crippen LogP contribution in [0.25, 0.3) is 11.0 Å². The molecule has 4 heterocycles. The Labute approximate surface area is 149 Å². The van der Waals surface area contributed by atoms with Crippen molar-refractivity contribution < 1.29 is 20.1 Å². The summed E-state index contributed by atoms with van der Waals surface area (Å²) in [5.41, 5.74) is 2.73. The van der Waals surface area contributed by atoms with E-state index in [4.69, 9.17) is 4.74 Å². The molecule has 1 fully saturated rings. The molecule has 136 valence electrons. The number of hydrogen-bond acceptors (Lipinski definition) is 7. The maximum Gasteiger partial charge on any atom is 0.164 e. The monoisotopic (exact) mass is 356 g/mol. The summed E-state index contributed by atoms with van der Waals surface area (Å²) in [6, 6.07) is 5.22. The van der Waals surface area contributed by atoms with Gasteiger partial charge in [0.25, 0.3) is 0 Å². The van der Waals surface area contributed by atoms with E-state index in [0.29, 0.717) is 11.2 Å². The third-order valence-electron chi connectivity index (χ3n) is 4.83. The molecule has 0 amide bonds. The molecule has 3 aromatic rings. The van der Waals surface area contributed by atoms with Crippen molar-refractivity contribution in [3.63, 3.8) is 0 Å². The molecule has 0 unspecified atom stereocenters. The Balaban J connectivity index is 1.66. The maximum atomic E-state index is 10.6. The van der Waals surface area contributed by atoms with Crippen LogP contribution in [0.1, 0.15) is 29.3 Å². The molecule has 0 spiro atoms. The Kier molecular flexibility index (Phi) is 4.20. The number of aryl methyl sites for hydroxylation is 2. The number of hydrogen-bond donors (Lipinski definition) is 3. The van der Waals surface area contributed by atoms with Crippen LogP contribution in [-0.4, -0.2) is 53.2 Å². The first kappa shape index (κ1) is 17.0. The van der Waals surface area contributed by atoms with E-state index in [1.807, 2.05) is 19.9 Å². The number of aromatic nitrogens is 4. The fourth-order valence-electron chi connectivity index (χ4n) is 3.42. The zero-order chi connectivity index (χ0) is 18.4. The lowest BCUT2D eigenvalue weighted by Gasteiger charge is -2.21. The molecule has 4 rings (SSSR count). The van der Waals surface area contributed by atoms with Crippen molar-refractivity contribution in [1.29, 1.82) is 0 Å². The summed E-state index contributed by atoms with van der Waals surface area (Å²) in [6.45, 7) is 3.68. The first-order valence-electron chi connectivity index (χ1n) is 8.37. The molecule has 3 N–H and O–H groups in total. The number of fused-ring (bicyclic) bond motifs is 1. The molecule has 1 saturated heterocycles. The third kappa shape index (κ3) is 2.67. The average Bonchev–Trinajstić information content (AvgIpc) is 3.18. The van der Waals surface area contributed by atoms with Gasteiger partial charge in [0.1, 0.15) is 36.4 Å². The summed E-state index contributed by atoms with van der Waals surface area (Å²) in [5, 5.41) is 32.5. The van der Waals surface area contributed by atoms with Gasteiger partial charge < -0.3 is 24.6 Å². The average molecular weight is 356 g/mol. The van der Waals surface area contributed by atoms with Crippen LogP contribution in [0.5, 0.6) is 0 Å². The first-order chi connectivity index (χ1) is 12.5. The number of nitrogens with zero attached hydrogens (tertiary/aromatic N) is 4. The Morgan fingerprint density at radius 2 is 1.92 bits per heavy atom. The summed E-state index contributed by atoms with van der Waals surface area (Å²) in [5.74, 6) is 0. The van der Waals surface area contributed by atoms with Gasteiger partial charge in [-0.1, -0.05) is 0 Å². The SMILES string of the molecule is Cc1cc([C@@H](O)[C@H]2O[C@@H](n3ccc4c(C)ncnc43)[C@H](O)[C@@H]2O)ccn1. The number of ether oxygens (including phenoxy) is 1. The molecule has 0 bridgehead atoms. The summed E-state index contributed by atoms with van der Waals surface area (Å²) in [4.78, 5) is 12.5. The molecule has 0 aliphatic carbocycles. The summed E-state index contributed by atoms with van der Waals surface area (Å²) in [7, 11) is 0. The number of pyridine rings is 1. The Morgan fingerprint density at radius 3 is 2.69 bits per heavy atom. The van der Waals surface area contributed by atoms with Crippen molar-refractivity contribution in [2.75, 3.05) is 0 Å². The molecule has 8 heteroatoms.